The van der Waals surface area contributed by atoms with Gasteiger partial charge in [-0.3, -0.25) is 9.80 Å². The smallest absolute Gasteiger partial charge is 0.115 e. The summed E-state index contributed by atoms with van der Waals surface area (Å²) in [6, 6.07) is 8.31. The average Bonchev–Trinajstić information content (AvgIpc) is 2.51. The van der Waals surface area contributed by atoms with Gasteiger partial charge in [-0.15, -0.1) is 0 Å². The molecule has 1 N–H and O–H groups in total. The molecule has 2 aliphatic heterocycles. The van der Waals surface area contributed by atoms with Crippen molar-refractivity contribution < 1.29 is 9.84 Å². The molecule has 1 aromatic carbocycles. The molecule has 4 heteroatoms. The molecule has 2 fully saturated rings. The number of hydrogen-bond acceptors (Lipinski definition) is 4. The van der Waals surface area contributed by atoms with Crippen LogP contribution < -0.4 is 0 Å². The highest BCUT2D eigenvalue weighted by molar-refractivity contribution is 5.25. The summed E-state index contributed by atoms with van der Waals surface area (Å²) in [4.78, 5) is 5.14. The van der Waals surface area contributed by atoms with E-state index in [1.807, 2.05) is 12.1 Å². The summed E-state index contributed by atoms with van der Waals surface area (Å²) < 4.78 is 5.44. The molecule has 0 aliphatic carbocycles. The van der Waals surface area contributed by atoms with E-state index in [2.05, 4.69) is 9.80 Å². The van der Waals surface area contributed by atoms with Gasteiger partial charge in [0, 0.05) is 52.0 Å². The van der Waals surface area contributed by atoms with Crippen LogP contribution in [0.4, 0.5) is 0 Å². The zero-order valence-electron chi connectivity index (χ0n) is 12.0. The van der Waals surface area contributed by atoms with E-state index < -0.39 is 0 Å². The highest BCUT2D eigenvalue weighted by atomic mass is 16.5. The van der Waals surface area contributed by atoms with E-state index >= 15 is 0 Å². The molecule has 0 unspecified atom stereocenters. The lowest BCUT2D eigenvalue weighted by Gasteiger charge is -2.40. The van der Waals surface area contributed by atoms with Crippen LogP contribution >= 0.6 is 0 Å². The van der Waals surface area contributed by atoms with E-state index in [0.29, 0.717) is 5.75 Å². The van der Waals surface area contributed by atoms with E-state index in [-0.39, 0.29) is 0 Å². The van der Waals surface area contributed by atoms with Crippen molar-refractivity contribution in [3.8, 4) is 5.75 Å². The Morgan fingerprint density at radius 2 is 1.65 bits per heavy atom. The lowest BCUT2D eigenvalue weighted by Crippen LogP contribution is -2.51. The third-order valence-electron chi connectivity index (χ3n) is 4.46. The molecule has 0 atom stereocenters. The first-order valence-electron chi connectivity index (χ1n) is 7.63. The maximum Gasteiger partial charge on any atom is 0.115 e. The molecule has 0 amide bonds. The summed E-state index contributed by atoms with van der Waals surface area (Å²) in [6.07, 6.45) is 2.38. The van der Waals surface area contributed by atoms with Crippen molar-refractivity contribution >= 4 is 0 Å². The zero-order valence-corrected chi connectivity index (χ0v) is 12.0. The lowest BCUT2D eigenvalue weighted by molar-refractivity contribution is 0.0126. The third-order valence-corrected chi connectivity index (χ3v) is 4.46. The van der Waals surface area contributed by atoms with Crippen molar-refractivity contribution in [2.75, 3.05) is 39.4 Å². The van der Waals surface area contributed by atoms with Crippen LogP contribution in [0.3, 0.4) is 0 Å². The Hall–Kier alpha value is -1.10. The summed E-state index contributed by atoms with van der Waals surface area (Å²) in [5.74, 6) is 0.345. The molecule has 2 aliphatic rings. The van der Waals surface area contributed by atoms with E-state index in [1.54, 1.807) is 12.1 Å². The molecule has 0 bridgehead atoms. The predicted molar refractivity (Wildman–Crippen MR) is 78.8 cm³/mol. The number of ether oxygens (including phenoxy) is 1. The molecule has 4 nitrogen and oxygen atoms in total. The highest BCUT2D eigenvalue weighted by Gasteiger charge is 2.25. The number of hydrogen-bond donors (Lipinski definition) is 1. The topological polar surface area (TPSA) is 35.9 Å². The highest BCUT2D eigenvalue weighted by Crippen LogP contribution is 2.18. The van der Waals surface area contributed by atoms with Crippen molar-refractivity contribution in [3.05, 3.63) is 29.8 Å². The summed E-state index contributed by atoms with van der Waals surface area (Å²) in [5, 5.41) is 9.31. The van der Waals surface area contributed by atoms with Crippen LogP contribution in [0.5, 0.6) is 5.75 Å². The fourth-order valence-corrected chi connectivity index (χ4v) is 3.20. The minimum absolute atomic E-state index is 0.345. The second-order valence-electron chi connectivity index (χ2n) is 5.82. The van der Waals surface area contributed by atoms with Gasteiger partial charge in [-0.05, 0) is 30.5 Å². The number of benzene rings is 1. The van der Waals surface area contributed by atoms with Crippen LogP contribution in [-0.2, 0) is 11.3 Å². The molecule has 3 rings (SSSR count). The summed E-state index contributed by atoms with van der Waals surface area (Å²) in [6.45, 7) is 7.46. The number of piperazine rings is 1. The van der Waals surface area contributed by atoms with Gasteiger partial charge in [-0.1, -0.05) is 12.1 Å². The van der Waals surface area contributed by atoms with Crippen molar-refractivity contribution in [3.63, 3.8) is 0 Å². The Kier molecular flexibility index (Phi) is 4.55. The van der Waals surface area contributed by atoms with E-state index in [0.717, 1.165) is 38.9 Å². The van der Waals surface area contributed by atoms with Crippen LogP contribution in [0.2, 0.25) is 0 Å². The standard InChI is InChI=1S/C16H24N2O2/c19-16-3-1-14(2-4-16)13-17-7-9-18(10-8-17)15-5-11-20-12-6-15/h1-4,15,19H,5-13H2. The van der Waals surface area contributed by atoms with Crippen LogP contribution in [0.25, 0.3) is 0 Å². The van der Waals surface area contributed by atoms with Gasteiger partial charge in [0.15, 0.2) is 0 Å². The Morgan fingerprint density at radius 3 is 2.30 bits per heavy atom. The number of phenolic OH excluding ortho intramolecular Hbond substituents is 1. The average molecular weight is 276 g/mol. The van der Waals surface area contributed by atoms with Gasteiger partial charge in [0.05, 0.1) is 0 Å². The monoisotopic (exact) mass is 276 g/mol. The van der Waals surface area contributed by atoms with Crippen LogP contribution in [-0.4, -0.2) is 60.3 Å². The van der Waals surface area contributed by atoms with Crippen LogP contribution in [0.1, 0.15) is 18.4 Å². The largest absolute Gasteiger partial charge is 0.508 e. The first-order chi connectivity index (χ1) is 9.81. The lowest BCUT2D eigenvalue weighted by atomic mass is 10.1. The van der Waals surface area contributed by atoms with Crippen molar-refractivity contribution in [2.24, 2.45) is 0 Å². The number of nitrogens with zero attached hydrogens (tertiary/aromatic N) is 2. The normalized spacial score (nSPS) is 23.0. The van der Waals surface area contributed by atoms with Gasteiger partial charge in [-0.2, -0.15) is 0 Å². The van der Waals surface area contributed by atoms with Gasteiger partial charge >= 0.3 is 0 Å². The number of phenols is 1. The third kappa shape index (κ3) is 3.51. The van der Waals surface area contributed by atoms with Crippen molar-refractivity contribution in [1.29, 1.82) is 0 Å². The SMILES string of the molecule is Oc1ccc(CN2CCN(C3CCOCC3)CC2)cc1. The zero-order chi connectivity index (χ0) is 13.8. The van der Waals surface area contributed by atoms with Gasteiger partial charge in [0.1, 0.15) is 5.75 Å². The maximum atomic E-state index is 9.31. The van der Waals surface area contributed by atoms with Crippen LogP contribution in [0, 0.1) is 0 Å². The van der Waals surface area contributed by atoms with Crippen molar-refractivity contribution in [1.82, 2.24) is 9.80 Å². The fraction of sp³-hybridized carbons (Fsp3) is 0.625. The molecule has 0 radical (unpaired) electrons. The molecular weight excluding hydrogens is 252 g/mol. The van der Waals surface area contributed by atoms with Gasteiger partial charge in [-0.25, -0.2) is 0 Å². The Morgan fingerprint density at radius 1 is 1.00 bits per heavy atom. The summed E-state index contributed by atoms with van der Waals surface area (Å²) >= 11 is 0. The molecule has 1 aromatic rings. The molecule has 0 aromatic heterocycles. The second kappa shape index (κ2) is 6.57. The fourth-order valence-electron chi connectivity index (χ4n) is 3.20. The van der Waals surface area contributed by atoms with E-state index in [4.69, 9.17) is 4.74 Å². The maximum absolute atomic E-state index is 9.31. The first kappa shape index (κ1) is 13.9. The summed E-state index contributed by atoms with van der Waals surface area (Å²) in [5.41, 5.74) is 1.28. The Labute approximate surface area is 120 Å². The minimum Gasteiger partial charge on any atom is -0.508 e. The molecule has 2 heterocycles. The Balaban J connectivity index is 1.47. The number of rotatable bonds is 3. The molecular formula is C16H24N2O2. The van der Waals surface area contributed by atoms with Crippen LogP contribution in [0.15, 0.2) is 24.3 Å². The van der Waals surface area contributed by atoms with Crippen molar-refractivity contribution in [2.45, 2.75) is 25.4 Å². The van der Waals surface area contributed by atoms with E-state index in [1.165, 1.54) is 31.5 Å². The summed E-state index contributed by atoms with van der Waals surface area (Å²) in [7, 11) is 0. The van der Waals surface area contributed by atoms with Gasteiger partial charge in [0.2, 0.25) is 0 Å². The molecule has 0 spiro atoms. The quantitative estimate of drug-likeness (QED) is 0.911. The van der Waals surface area contributed by atoms with Gasteiger partial charge < -0.3 is 9.84 Å². The molecule has 20 heavy (non-hydrogen) atoms. The Bertz CT molecular complexity index is 407. The second-order valence-corrected chi connectivity index (χ2v) is 5.82. The minimum atomic E-state index is 0.345. The predicted octanol–water partition coefficient (Wildman–Crippen LogP) is 1.69. The van der Waals surface area contributed by atoms with E-state index in [9.17, 15) is 5.11 Å². The molecule has 0 saturated carbocycles. The number of aromatic hydroxyl groups is 1. The van der Waals surface area contributed by atoms with Gasteiger partial charge in [0.25, 0.3) is 0 Å². The first-order valence-corrected chi connectivity index (χ1v) is 7.63. The molecule has 2 saturated heterocycles. The molecule has 110 valence electrons.